The van der Waals surface area contributed by atoms with Crippen LogP contribution in [0.5, 0.6) is 0 Å². The van der Waals surface area contributed by atoms with Crippen LogP contribution in [0.15, 0.2) is 23.3 Å². The molecule has 0 saturated carbocycles. The van der Waals surface area contributed by atoms with Crippen LogP contribution in [0.1, 0.15) is 17.5 Å². The van der Waals surface area contributed by atoms with E-state index < -0.39 is 30.5 Å². The second-order valence-electron chi connectivity index (χ2n) is 5.09. The van der Waals surface area contributed by atoms with Gasteiger partial charge in [-0.05, 0) is 24.1 Å². The summed E-state index contributed by atoms with van der Waals surface area (Å²) < 4.78 is 76.6. The largest absolute Gasteiger partial charge is 0.431 e. The highest BCUT2D eigenvalue weighted by molar-refractivity contribution is 5.91. The Kier molecular flexibility index (Phi) is 4.01. The summed E-state index contributed by atoms with van der Waals surface area (Å²) in [5, 5.41) is 3.57. The molecule has 122 valence electrons. The maximum atomic E-state index is 12.9. The minimum Gasteiger partial charge on any atom is -0.399 e. The first-order valence-corrected chi connectivity index (χ1v) is 6.31. The maximum absolute atomic E-state index is 12.9. The van der Waals surface area contributed by atoms with Gasteiger partial charge in [0, 0.05) is 12.1 Å². The summed E-state index contributed by atoms with van der Waals surface area (Å²) >= 11 is 0. The molecule has 0 aromatic heterocycles. The van der Waals surface area contributed by atoms with Crippen molar-refractivity contribution in [2.75, 3.05) is 5.73 Å². The SMILES string of the molecule is Cc1cc(CN2N=C(C(F)(F)F)CC2C(F)(F)F)ccc1N. The maximum Gasteiger partial charge on any atom is 0.431 e. The highest BCUT2D eigenvalue weighted by Crippen LogP contribution is 2.36. The quantitative estimate of drug-likeness (QED) is 0.666. The molecule has 1 aliphatic rings. The third-order valence-electron chi connectivity index (χ3n) is 3.38. The number of rotatable bonds is 2. The van der Waals surface area contributed by atoms with Gasteiger partial charge in [0.05, 0.1) is 6.54 Å². The molecule has 1 aromatic carbocycles. The fraction of sp³-hybridized carbons (Fsp3) is 0.462. The van der Waals surface area contributed by atoms with Crippen LogP contribution in [0.2, 0.25) is 0 Å². The van der Waals surface area contributed by atoms with Gasteiger partial charge < -0.3 is 5.73 Å². The van der Waals surface area contributed by atoms with Crippen LogP contribution in [-0.4, -0.2) is 29.1 Å². The Bertz CT molecular complexity index is 590. The predicted molar refractivity (Wildman–Crippen MR) is 69.1 cm³/mol. The van der Waals surface area contributed by atoms with E-state index in [1.807, 2.05) is 0 Å². The molecule has 0 amide bonds. The molecule has 1 atom stereocenters. The zero-order chi connectivity index (χ0) is 16.7. The molecule has 0 aliphatic carbocycles. The number of nitrogens with zero attached hydrogens (tertiary/aromatic N) is 2. The Morgan fingerprint density at radius 1 is 1.23 bits per heavy atom. The monoisotopic (exact) mass is 325 g/mol. The van der Waals surface area contributed by atoms with E-state index in [-0.39, 0.29) is 6.54 Å². The number of nitrogen functional groups attached to an aromatic ring is 1. The summed E-state index contributed by atoms with van der Waals surface area (Å²) in [4.78, 5) is 0. The summed E-state index contributed by atoms with van der Waals surface area (Å²) in [5.74, 6) is 0. The third kappa shape index (κ3) is 3.45. The minimum atomic E-state index is -4.87. The highest BCUT2D eigenvalue weighted by Gasteiger charge is 2.52. The van der Waals surface area contributed by atoms with Crippen LogP contribution in [-0.2, 0) is 6.54 Å². The number of halogens is 6. The second-order valence-corrected chi connectivity index (χ2v) is 5.09. The lowest BCUT2D eigenvalue weighted by atomic mass is 10.1. The number of hydrogen-bond acceptors (Lipinski definition) is 3. The summed E-state index contributed by atoms with van der Waals surface area (Å²) in [6.45, 7) is 1.29. The molecule has 0 fully saturated rings. The minimum absolute atomic E-state index is 0.370. The molecular weight excluding hydrogens is 312 g/mol. The van der Waals surface area contributed by atoms with Gasteiger partial charge in [-0.25, -0.2) is 0 Å². The zero-order valence-electron chi connectivity index (χ0n) is 11.5. The highest BCUT2D eigenvalue weighted by atomic mass is 19.4. The average molecular weight is 325 g/mol. The van der Waals surface area contributed by atoms with Gasteiger partial charge >= 0.3 is 12.4 Å². The number of aryl methyl sites for hydroxylation is 1. The Hall–Kier alpha value is -1.93. The van der Waals surface area contributed by atoms with Crippen molar-refractivity contribution in [2.45, 2.75) is 38.3 Å². The molecule has 22 heavy (non-hydrogen) atoms. The van der Waals surface area contributed by atoms with Gasteiger partial charge in [-0.3, -0.25) is 5.01 Å². The lowest BCUT2D eigenvalue weighted by Gasteiger charge is -2.25. The van der Waals surface area contributed by atoms with Crippen LogP contribution in [0, 0.1) is 6.92 Å². The summed E-state index contributed by atoms with van der Waals surface area (Å²) in [7, 11) is 0. The first-order valence-electron chi connectivity index (χ1n) is 6.31. The molecule has 3 nitrogen and oxygen atoms in total. The second kappa shape index (κ2) is 5.36. The van der Waals surface area contributed by atoms with Crippen molar-refractivity contribution in [1.29, 1.82) is 0 Å². The first kappa shape index (κ1) is 16.4. The van der Waals surface area contributed by atoms with E-state index in [2.05, 4.69) is 5.10 Å². The van der Waals surface area contributed by atoms with E-state index in [0.29, 0.717) is 21.8 Å². The Balaban J connectivity index is 2.28. The average Bonchev–Trinajstić information content (AvgIpc) is 2.77. The molecule has 0 radical (unpaired) electrons. The summed E-state index contributed by atoms with van der Waals surface area (Å²) in [6, 6.07) is 2.22. The van der Waals surface area contributed by atoms with Gasteiger partial charge in [-0.2, -0.15) is 31.4 Å². The van der Waals surface area contributed by atoms with Gasteiger partial charge in [-0.15, -0.1) is 0 Å². The molecule has 0 bridgehead atoms. The normalized spacial score (nSPS) is 19.5. The molecule has 0 saturated heterocycles. The predicted octanol–water partition coefficient (Wildman–Crippen LogP) is 3.63. The smallest absolute Gasteiger partial charge is 0.399 e. The Morgan fingerprint density at radius 2 is 1.86 bits per heavy atom. The van der Waals surface area contributed by atoms with Gasteiger partial charge in [0.1, 0.15) is 11.8 Å². The van der Waals surface area contributed by atoms with Crippen molar-refractivity contribution in [1.82, 2.24) is 5.01 Å². The first-order chi connectivity index (χ1) is 9.98. The van der Waals surface area contributed by atoms with E-state index in [0.717, 1.165) is 0 Å². The van der Waals surface area contributed by atoms with E-state index in [4.69, 9.17) is 5.73 Å². The number of hydrazone groups is 1. The number of benzene rings is 1. The van der Waals surface area contributed by atoms with E-state index >= 15 is 0 Å². The van der Waals surface area contributed by atoms with Crippen LogP contribution >= 0.6 is 0 Å². The van der Waals surface area contributed by atoms with Crippen molar-refractivity contribution < 1.29 is 26.3 Å². The molecule has 9 heteroatoms. The number of alkyl halides is 6. The molecule has 0 spiro atoms. The lowest BCUT2D eigenvalue weighted by Crippen LogP contribution is -2.40. The summed E-state index contributed by atoms with van der Waals surface area (Å²) in [6.07, 6.45) is -10.9. The Morgan fingerprint density at radius 3 is 2.36 bits per heavy atom. The van der Waals surface area contributed by atoms with Crippen molar-refractivity contribution >= 4 is 11.4 Å². The van der Waals surface area contributed by atoms with Crippen LogP contribution in [0.25, 0.3) is 0 Å². The molecule has 2 rings (SSSR count). The number of hydrogen-bond donors (Lipinski definition) is 1. The zero-order valence-corrected chi connectivity index (χ0v) is 11.5. The molecule has 1 aliphatic heterocycles. The number of nitrogens with two attached hydrogens (primary N) is 1. The van der Waals surface area contributed by atoms with Gasteiger partial charge in [0.2, 0.25) is 0 Å². The lowest BCUT2D eigenvalue weighted by molar-refractivity contribution is -0.179. The fourth-order valence-corrected chi connectivity index (χ4v) is 2.18. The van der Waals surface area contributed by atoms with Crippen molar-refractivity contribution in [3.8, 4) is 0 Å². The molecule has 1 heterocycles. The molecular formula is C13H13F6N3. The Labute approximate surface area is 122 Å². The van der Waals surface area contributed by atoms with Gasteiger partial charge in [-0.1, -0.05) is 12.1 Å². The van der Waals surface area contributed by atoms with Crippen LogP contribution < -0.4 is 5.73 Å². The number of anilines is 1. The summed E-state index contributed by atoms with van der Waals surface area (Å²) in [5.41, 5.74) is 5.69. The fourth-order valence-electron chi connectivity index (χ4n) is 2.18. The van der Waals surface area contributed by atoms with Crippen LogP contribution in [0.4, 0.5) is 32.0 Å². The van der Waals surface area contributed by atoms with Crippen LogP contribution in [0.3, 0.4) is 0 Å². The van der Waals surface area contributed by atoms with E-state index in [1.165, 1.54) is 18.2 Å². The molecule has 1 aromatic rings. The van der Waals surface area contributed by atoms with E-state index in [9.17, 15) is 26.3 Å². The van der Waals surface area contributed by atoms with Gasteiger partial charge in [0.25, 0.3) is 0 Å². The van der Waals surface area contributed by atoms with Crippen molar-refractivity contribution in [3.05, 3.63) is 29.3 Å². The molecule has 2 N–H and O–H groups in total. The topological polar surface area (TPSA) is 41.6 Å². The van der Waals surface area contributed by atoms with E-state index in [1.54, 1.807) is 6.92 Å². The van der Waals surface area contributed by atoms with Gasteiger partial charge in [0.15, 0.2) is 0 Å². The standard InChI is InChI=1S/C13H13F6N3/c1-7-4-8(2-3-9(7)20)6-22-11(13(17,18)19)5-10(21-22)12(14,15)16/h2-4,11H,5-6,20H2,1H3. The molecule has 1 unspecified atom stereocenters. The van der Waals surface area contributed by atoms with Crippen molar-refractivity contribution in [2.24, 2.45) is 5.10 Å². The van der Waals surface area contributed by atoms with Crippen molar-refractivity contribution in [3.63, 3.8) is 0 Å². The third-order valence-corrected chi connectivity index (χ3v) is 3.38.